The number of carboxylic acid groups (broad SMARTS) is 2. The lowest BCUT2D eigenvalue weighted by atomic mass is 9.89. The third kappa shape index (κ3) is 4.59. The summed E-state index contributed by atoms with van der Waals surface area (Å²) >= 11 is 0. The molecule has 38 heavy (non-hydrogen) atoms. The Labute approximate surface area is 217 Å². The molecule has 0 saturated carbocycles. The van der Waals surface area contributed by atoms with Crippen LogP contribution >= 0.6 is 0 Å². The van der Waals surface area contributed by atoms with Gasteiger partial charge in [-0.2, -0.15) is 0 Å². The first-order valence-corrected chi connectivity index (χ1v) is 11.7. The van der Waals surface area contributed by atoms with Crippen LogP contribution in [0.3, 0.4) is 0 Å². The fourth-order valence-corrected chi connectivity index (χ4v) is 4.66. The van der Waals surface area contributed by atoms with Gasteiger partial charge in [-0.3, -0.25) is 0 Å². The first-order valence-electron chi connectivity index (χ1n) is 11.7. The maximum absolute atomic E-state index is 11.5. The molecule has 0 aromatic heterocycles. The molecule has 0 saturated heterocycles. The van der Waals surface area contributed by atoms with Crippen molar-refractivity contribution in [3.05, 3.63) is 114 Å². The number of aromatic carboxylic acids is 2. The SMILES string of the molecule is Nc1cc(-c2cc(-c3ccc(C(=O)O)cc3)cc(-c3ccc(C(O)O)c4ccccc34)c2)ccc1C(=O)O. The highest BCUT2D eigenvalue weighted by Gasteiger charge is 2.15. The predicted octanol–water partition coefficient (Wildman–Crippen LogP) is 5.80. The molecule has 7 heteroatoms. The Hall–Kier alpha value is -4.98. The summed E-state index contributed by atoms with van der Waals surface area (Å²) in [7, 11) is 0. The van der Waals surface area contributed by atoms with E-state index in [0.29, 0.717) is 16.5 Å². The first-order chi connectivity index (χ1) is 18.2. The molecule has 0 aliphatic rings. The number of anilines is 1. The molecule has 0 fully saturated rings. The second-order valence-corrected chi connectivity index (χ2v) is 8.91. The molecule has 6 N–H and O–H groups in total. The molecule has 0 atom stereocenters. The van der Waals surface area contributed by atoms with Crippen LogP contribution in [0.15, 0.2) is 97.1 Å². The smallest absolute Gasteiger partial charge is 0.337 e. The quantitative estimate of drug-likeness (QED) is 0.145. The number of benzene rings is 5. The molecular weight excluding hydrogens is 482 g/mol. The van der Waals surface area contributed by atoms with E-state index in [2.05, 4.69) is 0 Å². The summed E-state index contributed by atoms with van der Waals surface area (Å²) in [5.74, 6) is -2.13. The van der Waals surface area contributed by atoms with Crippen LogP contribution in [-0.4, -0.2) is 32.4 Å². The van der Waals surface area contributed by atoms with Crippen molar-refractivity contribution >= 4 is 28.4 Å². The Morgan fingerprint density at radius 2 is 1.21 bits per heavy atom. The molecule has 5 aromatic carbocycles. The van der Waals surface area contributed by atoms with Crippen LogP contribution in [0, 0.1) is 0 Å². The van der Waals surface area contributed by atoms with E-state index in [-0.39, 0.29) is 16.8 Å². The number of rotatable bonds is 6. The molecule has 0 aliphatic heterocycles. The van der Waals surface area contributed by atoms with Crippen LogP contribution in [0.5, 0.6) is 0 Å². The maximum Gasteiger partial charge on any atom is 0.337 e. The van der Waals surface area contributed by atoms with Crippen molar-refractivity contribution in [2.24, 2.45) is 0 Å². The monoisotopic (exact) mass is 505 g/mol. The Kier molecular flexibility index (Phi) is 6.38. The minimum Gasteiger partial charge on any atom is -0.478 e. The molecule has 0 unspecified atom stereocenters. The number of carboxylic acids is 2. The Bertz CT molecular complexity index is 1710. The molecule has 188 valence electrons. The van der Waals surface area contributed by atoms with E-state index in [1.165, 1.54) is 18.2 Å². The summed E-state index contributed by atoms with van der Waals surface area (Å²) in [6.07, 6.45) is -1.63. The van der Waals surface area contributed by atoms with Gasteiger partial charge in [0.25, 0.3) is 0 Å². The molecule has 0 heterocycles. The summed E-state index contributed by atoms with van der Waals surface area (Å²) in [5, 5.41) is 40.0. The topological polar surface area (TPSA) is 141 Å². The van der Waals surface area contributed by atoms with Gasteiger partial charge in [0.15, 0.2) is 6.29 Å². The van der Waals surface area contributed by atoms with E-state index in [1.54, 1.807) is 30.3 Å². The number of nitrogen functional groups attached to an aromatic ring is 1. The predicted molar refractivity (Wildman–Crippen MR) is 146 cm³/mol. The fraction of sp³-hybridized carbons (Fsp3) is 0.0323. The molecule has 7 nitrogen and oxygen atoms in total. The zero-order valence-electron chi connectivity index (χ0n) is 20.0. The zero-order valence-corrected chi connectivity index (χ0v) is 20.0. The van der Waals surface area contributed by atoms with Crippen molar-refractivity contribution in [1.82, 2.24) is 0 Å². The lowest BCUT2D eigenvalue weighted by Crippen LogP contribution is -2.02. The maximum atomic E-state index is 11.5. The summed E-state index contributed by atoms with van der Waals surface area (Å²) in [4.78, 5) is 22.8. The van der Waals surface area contributed by atoms with Crippen LogP contribution < -0.4 is 5.73 Å². The Morgan fingerprint density at radius 3 is 1.82 bits per heavy atom. The highest BCUT2D eigenvalue weighted by Crippen LogP contribution is 2.38. The molecule has 5 aromatic rings. The molecular formula is C31H23NO6. The van der Waals surface area contributed by atoms with Crippen molar-refractivity contribution < 1.29 is 30.0 Å². The average Bonchev–Trinajstić information content (AvgIpc) is 2.91. The van der Waals surface area contributed by atoms with Crippen LogP contribution in [0.4, 0.5) is 5.69 Å². The van der Waals surface area contributed by atoms with E-state index in [1.807, 2.05) is 48.5 Å². The van der Waals surface area contributed by atoms with E-state index in [9.17, 15) is 30.0 Å². The van der Waals surface area contributed by atoms with E-state index in [0.717, 1.165) is 33.2 Å². The van der Waals surface area contributed by atoms with Gasteiger partial charge < -0.3 is 26.2 Å². The second kappa shape index (κ2) is 9.82. The molecule has 0 radical (unpaired) electrons. The zero-order chi connectivity index (χ0) is 27.0. The first kappa shape index (κ1) is 24.7. The molecule has 0 aliphatic carbocycles. The van der Waals surface area contributed by atoms with E-state index in [4.69, 9.17) is 5.73 Å². The molecule has 5 rings (SSSR count). The lowest BCUT2D eigenvalue weighted by Gasteiger charge is -2.16. The van der Waals surface area contributed by atoms with Gasteiger partial charge >= 0.3 is 11.9 Å². The standard InChI is InChI=1S/C31H23NO6/c32-28-16-19(9-10-27(28)31(37)38)21-13-20(17-5-7-18(8-6-17)29(33)34)14-22(15-21)23-11-12-26(30(35)36)25-4-2-1-3-24(23)25/h1-16,30,35-36H,32H2,(H,33,34)(H,37,38). The van der Waals surface area contributed by atoms with Crippen LogP contribution in [-0.2, 0) is 0 Å². The number of nitrogens with two attached hydrogens (primary N) is 1. The second-order valence-electron chi connectivity index (χ2n) is 8.91. The third-order valence-electron chi connectivity index (χ3n) is 6.56. The van der Waals surface area contributed by atoms with Crippen LogP contribution in [0.1, 0.15) is 32.6 Å². The van der Waals surface area contributed by atoms with E-state index >= 15 is 0 Å². The summed E-state index contributed by atoms with van der Waals surface area (Å²) in [6.45, 7) is 0. The van der Waals surface area contributed by atoms with Gasteiger partial charge in [0.05, 0.1) is 11.1 Å². The lowest BCUT2D eigenvalue weighted by molar-refractivity contribution is -0.0413. The van der Waals surface area contributed by atoms with Crippen LogP contribution in [0.25, 0.3) is 44.2 Å². The highest BCUT2D eigenvalue weighted by molar-refractivity contribution is 6.00. The average molecular weight is 506 g/mol. The van der Waals surface area contributed by atoms with Crippen molar-refractivity contribution in [2.75, 3.05) is 5.73 Å². The van der Waals surface area contributed by atoms with E-state index < -0.39 is 18.2 Å². The minimum atomic E-state index is -1.63. The number of aliphatic hydroxyl groups excluding tert-OH is 1. The Balaban J connectivity index is 1.75. The van der Waals surface area contributed by atoms with Gasteiger partial charge in [-0.15, -0.1) is 0 Å². The minimum absolute atomic E-state index is 0.0125. The third-order valence-corrected chi connectivity index (χ3v) is 6.56. The Morgan fingerprint density at radius 1 is 0.605 bits per heavy atom. The van der Waals surface area contributed by atoms with Gasteiger partial charge in [-0.25, -0.2) is 9.59 Å². The van der Waals surface area contributed by atoms with Gasteiger partial charge in [0.2, 0.25) is 0 Å². The number of fused-ring (bicyclic) bond motifs is 1. The number of aliphatic hydroxyl groups is 2. The van der Waals surface area contributed by atoms with Gasteiger partial charge in [-0.05, 0) is 86.6 Å². The van der Waals surface area contributed by atoms with Crippen molar-refractivity contribution in [1.29, 1.82) is 0 Å². The number of hydrogen-bond donors (Lipinski definition) is 5. The molecule has 0 spiro atoms. The largest absolute Gasteiger partial charge is 0.478 e. The normalized spacial score (nSPS) is 11.1. The van der Waals surface area contributed by atoms with Gasteiger partial charge in [0, 0.05) is 11.3 Å². The fourth-order valence-electron chi connectivity index (χ4n) is 4.66. The van der Waals surface area contributed by atoms with Gasteiger partial charge in [-0.1, -0.05) is 54.6 Å². The van der Waals surface area contributed by atoms with Crippen LogP contribution in [0.2, 0.25) is 0 Å². The summed E-state index contributed by atoms with van der Waals surface area (Å²) in [6, 6.07) is 28.1. The van der Waals surface area contributed by atoms with Gasteiger partial charge in [0.1, 0.15) is 0 Å². The summed E-state index contributed by atoms with van der Waals surface area (Å²) < 4.78 is 0. The molecule has 0 amide bonds. The summed E-state index contributed by atoms with van der Waals surface area (Å²) in [5.41, 5.74) is 11.5. The highest BCUT2D eigenvalue weighted by atomic mass is 16.5. The van der Waals surface area contributed by atoms with Crippen molar-refractivity contribution in [3.63, 3.8) is 0 Å². The number of carbonyl (C=O) groups is 2. The number of hydrogen-bond acceptors (Lipinski definition) is 5. The van der Waals surface area contributed by atoms with Crippen molar-refractivity contribution in [2.45, 2.75) is 6.29 Å². The molecule has 0 bridgehead atoms. The van der Waals surface area contributed by atoms with Crippen molar-refractivity contribution in [3.8, 4) is 33.4 Å².